The number of likely N-dealkylation sites (N-methyl/N-ethyl adjacent to an activating group) is 1. The van der Waals surface area contributed by atoms with Crippen LogP contribution in [-0.2, 0) is 20.9 Å². The number of rotatable bonds is 8. The van der Waals surface area contributed by atoms with Crippen molar-refractivity contribution in [1.82, 2.24) is 19.6 Å². The zero-order valence-corrected chi connectivity index (χ0v) is 14.0. The molecule has 0 radical (unpaired) electrons. The lowest BCUT2D eigenvalue weighted by atomic mass is 9.96. The first-order chi connectivity index (χ1) is 11.2. The van der Waals surface area contributed by atoms with E-state index in [1.165, 1.54) is 0 Å². The topological polar surface area (TPSA) is 67.7 Å². The Morgan fingerprint density at radius 3 is 2.96 bits per heavy atom. The molecule has 0 bridgehead atoms. The first kappa shape index (κ1) is 17.5. The van der Waals surface area contributed by atoms with E-state index in [1.54, 1.807) is 18.2 Å². The van der Waals surface area contributed by atoms with Gasteiger partial charge in [0.1, 0.15) is 0 Å². The Morgan fingerprint density at radius 2 is 2.30 bits per heavy atom. The molecule has 0 aliphatic carbocycles. The average Bonchev–Trinajstić information content (AvgIpc) is 3.08. The molecule has 7 heteroatoms. The minimum atomic E-state index is -0.109. The summed E-state index contributed by atoms with van der Waals surface area (Å²) < 4.78 is 6.86. The number of likely N-dealkylation sites (tertiary alicyclic amines) is 1. The second kappa shape index (κ2) is 8.67. The lowest BCUT2D eigenvalue weighted by Gasteiger charge is -2.34. The highest BCUT2D eigenvalue weighted by molar-refractivity contribution is 5.83. The van der Waals surface area contributed by atoms with E-state index in [2.05, 4.69) is 5.10 Å². The van der Waals surface area contributed by atoms with Crippen molar-refractivity contribution in [1.29, 1.82) is 0 Å². The van der Waals surface area contributed by atoms with Crippen molar-refractivity contribution in [2.75, 3.05) is 39.9 Å². The summed E-state index contributed by atoms with van der Waals surface area (Å²) in [7, 11) is 1.62. The van der Waals surface area contributed by atoms with Gasteiger partial charge in [-0.2, -0.15) is 5.10 Å². The van der Waals surface area contributed by atoms with Crippen LogP contribution in [0.4, 0.5) is 0 Å². The van der Waals surface area contributed by atoms with Crippen LogP contribution < -0.4 is 0 Å². The quantitative estimate of drug-likeness (QED) is 0.703. The summed E-state index contributed by atoms with van der Waals surface area (Å²) >= 11 is 0. The molecule has 1 aromatic rings. The predicted molar refractivity (Wildman–Crippen MR) is 85.7 cm³/mol. The summed E-state index contributed by atoms with van der Waals surface area (Å²) in [5.41, 5.74) is 0. The van der Waals surface area contributed by atoms with Gasteiger partial charge in [-0.25, -0.2) is 0 Å². The van der Waals surface area contributed by atoms with Gasteiger partial charge in [-0.1, -0.05) is 0 Å². The molecule has 0 unspecified atom stereocenters. The number of hydrogen-bond donors (Lipinski definition) is 0. The average molecular weight is 322 g/mol. The minimum absolute atomic E-state index is 0.109. The molecule has 1 aromatic heterocycles. The Bertz CT molecular complexity index is 503. The fraction of sp³-hybridized carbons (Fsp3) is 0.688. The summed E-state index contributed by atoms with van der Waals surface area (Å²) in [5, 5.41) is 4.16. The van der Waals surface area contributed by atoms with Crippen molar-refractivity contribution in [3.05, 3.63) is 18.5 Å². The fourth-order valence-electron chi connectivity index (χ4n) is 2.87. The molecule has 2 heterocycles. The van der Waals surface area contributed by atoms with Gasteiger partial charge in [0.15, 0.2) is 0 Å². The maximum absolute atomic E-state index is 12.7. The van der Waals surface area contributed by atoms with Gasteiger partial charge < -0.3 is 14.5 Å². The molecule has 0 N–H and O–H groups in total. The Hall–Kier alpha value is -1.89. The van der Waals surface area contributed by atoms with Gasteiger partial charge in [-0.05, 0) is 19.4 Å². The molecule has 2 rings (SSSR count). The van der Waals surface area contributed by atoms with Gasteiger partial charge >= 0.3 is 0 Å². The predicted octanol–water partition coefficient (Wildman–Crippen LogP) is 0.617. The zero-order chi connectivity index (χ0) is 16.7. The number of ether oxygens (including phenoxy) is 1. The highest BCUT2D eigenvalue weighted by Gasteiger charge is 2.32. The van der Waals surface area contributed by atoms with Crippen LogP contribution in [0.2, 0.25) is 0 Å². The number of piperidine rings is 1. The van der Waals surface area contributed by atoms with Crippen molar-refractivity contribution in [3.8, 4) is 0 Å². The van der Waals surface area contributed by atoms with E-state index in [1.807, 2.05) is 28.8 Å². The molecule has 1 saturated heterocycles. The summed E-state index contributed by atoms with van der Waals surface area (Å²) in [5.74, 6) is 0.141. The Morgan fingerprint density at radius 1 is 1.48 bits per heavy atom. The van der Waals surface area contributed by atoms with E-state index in [4.69, 9.17) is 4.74 Å². The van der Waals surface area contributed by atoms with E-state index in [9.17, 15) is 9.59 Å². The summed E-state index contributed by atoms with van der Waals surface area (Å²) in [6.07, 6.45) is 4.71. The van der Waals surface area contributed by atoms with Crippen LogP contribution in [0.25, 0.3) is 0 Å². The number of carbonyl (C=O) groups excluding carboxylic acids is 2. The van der Waals surface area contributed by atoms with Crippen molar-refractivity contribution in [3.63, 3.8) is 0 Å². The maximum atomic E-state index is 12.7. The summed E-state index contributed by atoms with van der Waals surface area (Å²) in [4.78, 5) is 28.3. The molecular formula is C16H26N4O3. The zero-order valence-electron chi connectivity index (χ0n) is 14.0. The highest BCUT2D eigenvalue weighted by atomic mass is 16.5. The number of amides is 2. The van der Waals surface area contributed by atoms with E-state index in [0.29, 0.717) is 52.2 Å². The molecule has 1 aliphatic rings. The van der Waals surface area contributed by atoms with Crippen LogP contribution in [0.5, 0.6) is 0 Å². The van der Waals surface area contributed by atoms with Gasteiger partial charge in [0.2, 0.25) is 11.8 Å². The number of carbonyl (C=O) groups is 2. The van der Waals surface area contributed by atoms with Gasteiger partial charge in [-0.15, -0.1) is 0 Å². The molecule has 1 atom stereocenters. The third kappa shape index (κ3) is 4.79. The Labute approximate surface area is 137 Å². The third-order valence-corrected chi connectivity index (χ3v) is 4.27. The first-order valence-corrected chi connectivity index (χ1v) is 8.18. The summed E-state index contributed by atoms with van der Waals surface area (Å²) in [6, 6.07) is 1.87. The second-order valence-electron chi connectivity index (χ2n) is 5.76. The van der Waals surface area contributed by atoms with E-state index >= 15 is 0 Å². The smallest absolute Gasteiger partial charge is 0.227 e. The van der Waals surface area contributed by atoms with Gasteiger partial charge in [0.05, 0.1) is 19.1 Å². The van der Waals surface area contributed by atoms with Gasteiger partial charge in [0.25, 0.3) is 0 Å². The minimum Gasteiger partial charge on any atom is -0.383 e. The van der Waals surface area contributed by atoms with E-state index in [0.717, 1.165) is 0 Å². The Kier molecular flexibility index (Phi) is 6.58. The normalized spacial score (nSPS) is 18.3. The Balaban J connectivity index is 1.89. The van der Waals surface area contributed by atoms with Crippen molar-refractivity contribution in [2.24, 2.45) is 5.92 Å². The molecule has 128 valence electrons. The van der Waals surface area contributed by atoms with Crippen LogP contribution in [0.15, 0.2) is 18.5 Å². The lowest BCUT2D eigenvalue weighted by Crippen LogP contribution is -2.48. The SMILES string of the molecule is CCN(CCn1cccn1)C(=O)[C@H]1CCC(=O)N(CCOC)C1. The van der Waals surface area contributed by atoms with Crippen LogP contribution >= 0.6 is 0 Å². The van der Waals surface area contributed by atoms with Crippen molar-refractivity contribution < 1.29 is 14.3 Å². The maximum Gasteiger partial charge on any atom is 0.227 e. The number of hydrogen-bond acceptors (Lipinski definition) is 4. The molecule has 0 spiro atoms. The van der Waals surface area contributed by atoms with Gasteiger partial charge in [-0.3, -0.25) is 14.3 Å². The molecule has 7 nitrogen and oxygen atoms in total. The first-order valence-electron chi connectivity index (χ1n) is 8.18. The van der Waals surface area contributed by atoms with Crippen LogP contribution in [0.1, 0.15) is 19.8 Å². The van der Waals surface area contributed by atoms with Gasteiger partial charge in [0, 0.05) is 52.1 Å². The molecule has 1 aliphatic heterocycles. The van der Waals surface area contributed by atoms with Crippen LogP contribution in [-0.4, -0.2) is 71.3 Å². The van der Waals surface area contributed by atoms with Crippen molar-refractivity contribution in [2.45, 2.75) is 26.3 Å². The van der Waals surface area contributed by atoms with Crippen molar-refractivity contribution >= 4 is 11.8 Å². The standard InChI is InChI=1S/C16H26N4O3/c1-3-18(9-10-20-8-4-7-17-20)16(22)14-5-6-15(21)19(13-14)11-12-23-2/h4,7-8,14H,3,5-6,9-13H2,1-2H3/t14-/m0/s1. The molecular weight excluding hydrogens is 296 g/mol. The number of aromatic nitrogens is 2. The monoisotopic (exact) mass is 322 g/mol. The summed E-state index contributed by atoms with van der Waals surface area (Å²) in [6.45, 7) is 5.53. The molecule has 0 aromatic carbocycles. The lowest BCUT2D eigenvalue weighted by molar-refractivity contribution is -0.143. The fourth-order valence-corrected chi connectivity index (χ4v) is 2.87. The highest BCUT2D eigenvalue weighted by Crippen LogP contribution is 2.20. The van der Waals surface area contributed by atoms with Crippen LogP contribution in [0, 0.1) is 5.92 Å². The van der Waals surface area contributed by atoms with E-state index < -0.39 is 0 Å². The third-order valence-electron chi connectivity index (χ3n) is 4.27. The van der Waals surface area contributed by atoms with Crippen LogP contribution in [0.3, 0.4) is 0 Å². The van der Waals surface area contributed by atoms with E-state index in [-0.39, 0.29) is 17.7 Å². The molecule has 23 heavy (non-hydrogen) atoms. The number of methoxy groups -OCH3 is 1. The molecule has 1 fully saturated rings. The number of nitrogens with zero attached hydrogens (tertiary/aromatic N) is 4. The molecule has 2 amide bonds. The second-order valence-corrected chi connectivity index (χ2v) is 5.76. The largest absolute Gasteiger partial charge is 0.383 e. The molecule has 0 saturated carbocycles.